The largest absolute Gasteiger partial charge is 0.396 e. The molecule has 0 aliphatic rings. The number of aliphatic hydroxyl groups excluding tert-OH is 6. The molecule has 0 aliphatic carbocycles. The topological polar surface area (TPSA) is 121 Å². The summed E-state index contributed by atoms with van der Waals surface area (Å²) in [5.74, 6) is 0.0417. The Hall–Kier alpha value is 0.292. The van der Waals surface area contributed by atoms with Gasteiger partial charge in [-0.25, -0.2) is 0 Å². The minimum absolute atomic E-state index is 0. The van der Waals surface area contributed by atoms with Crippen molar-refractivity contribution in [1.82, 2.24) is 0 Å². The van der Waals surface area contributed by atoms with E-state index in [1.54, 1.807) is 41.5 Å². The molecular formula is C15H36CrO6. The van der Waals surface area contributed by atoms with Crippen LogP contribution in [0, 0.1) is 17.8 Å². The summed E-state index contributed by atoms with van der Waals surface area (Å²) in [5.41, 5.74) is 0. The Morgan fingerprint density at radius 3 is 0.636 bits per heavy atom. The zero-order chi connectivity index (χ0) is 17.6. The molecule has 0 spiro atoms. The van der Waals surface area contributed by atoms with Crippen molar-refractivity contribution in [2.24, 2.45) is 17.8 Å². The average molecular weight is 364 g/mol. The van der Waals surface area contributed by atoms with Crippen LogP contribution in [0.15, 0.2) is 0 Å². The minimum Gasteiger partial charge on any atom is -0.396 e. The third kappa shape index (κ3) is 22.6. The van der Waals surface area contributed by atoms with E-state index in [1.807, 2.05) is 0 Å². The summed E-state index contributed by atoms with van der Waals surface area (Å²) < 4.78 is 0. The minimum atomic E-state index is -0.384. The molecule has 6 nitrogen and oxygen atoms in total. The Bertz CT molecular complexity index is 169. The van der Waals surface area contributed by atoms with Gasteiger partial charge in [-0.2, -0.15) is 0 Å². The molecule has 0 amide bonds. The van der Waals surface area contributed by atoms with Crippen molar-refractivity contribution in [3.05, 3.63) is 0 Å². The van der Waals surface area contributed by atoms with Crippen LogP contribution in [-0.2, 0) is 17.4 Å². The molecule has 6 N–H and O–H groups in total. The number of aliphatic hydroxyl groups is 6. The quantitative estimate of drug-likeness (QED) is 0.394. The molecule has 138 valence electrons. The van der Waals surface area contributed by atoms with Crippen LogP contribution in [-0.4, -0.2) is 68.8 Å². The molecular weight excluding hydrogens is 328 g/mol. The smallest absolute Gasteiger partial charge is 0.0559 e. The van der Waals surface area contributed by atoms with Gasteiger partial charge >= 0.3 is 0 Å². The summed E-state index contributed by atoms with van der Waals surface area (Å²) in [6.07, 6.45) is -1.15. The summed E-state index contributed by atoms with van der Waals surface area (Å²) in [4.78, 5) is 0. The Balaban J connectivity index is -0.000000108. The van der Waals surface area contributed by atoms with Crippen molar-refractivity contribution in [2.45, 2.75) is 59.9 Å². The van der Waals surface area contributed by atoms with Gasteiger partial charge in [0.15, 0.2) is 0 Å². The van der Waals surface area contributed by atoms with Gasteiger partial charge in [-0.05, 0) is 20.8 Å². The molecule has 0 bridgehead atoms. The van der Waals surface area contributed by atoms with Gasteiger partial charge in [-0.1, -0.05) is 20.8 Å². The van der Waals surface area contributed by atoms with Gasteiger partial charge in [-0.3, -0.25) is 0 Å². The molecule has 0 heterocycles. The van der Waals surface area contributed by atoms with E-state index in [2.05, 4.69) is 0 Å². The fourth-order valence-corrected chi connectivity index (χ4v) is 0.458. The van der Waals surface area contributed by atoms with Crippen LogP contribution < -0.4 is 0 Å². The van der Waals surface area contributed by atoms with Crippen molar-refractivity contribution < 1.29 is 48.0 Å². The van der Waals surface area contributed by atoms with E-state index < -0.39 is 0 Å². The maximum atomic E-state index is 8.66. The second-order valence-electron chi connectivity index (χ2n) is 5.70. The van der Waals surface area contributed by atoms with Crippen molar-refractivity contribution in [3.8, 4) is 0 Å². The summed E-state index contributed by atoms with van der Waals surface area (Å²) in [7, 11) is 0. The molecule has 0 saturated carbocycles. The predicted octanol–water partition coefficient (Wildman–Crippen LogP) is -0.0157. The molecule has 6 atom stereocenters. The SMILES string of the molecule is CC(O)C(C)CO.CC(O)C(C)CO.CC(O)C(C)CO.[Cr]. The van der Waals surface area contributed by atoms with Crippen LogP contribution >= 0.6 is 0 Å². The van der Waals surface area contributed by atoms with Crippen LogP contribution in [0.4, 0.5) is 0 Å². The molecule has 0 fully saturated rings. The van der Waals surface area contributed by atoms with E-state index in [0.29, 0.717) is 0 Å². The summed E-state index contributed by atoms with van der Waals surface area (Å²) >= 11 is 0. The molecule has 0 aromatic heterocycles. The van der Waals surface area contributed by atoms with Crippen LogP contribution in [0.3, 0.4) is 0 Å². The molecule has 0 saturated heterocycles. The Morgan fingerprint density at radius 2 is 0.636 bits per heavy atom. The average Bonchev–Trinajstić information content (AvgIpc) is 2.45. The van der Waals surface area contributed by atoms with E-state index in [9.17, 15) is 0 Å². The molecule has 6 unspecified atom stereocenters. The molecule has 0 aromatic carbocycles. The maximum absolute atomic E-state index is 8.66. The molecule has 0 aliphatic heterocycles. The fourth-order valence-electron chi connectivity index (χ4n) is 0.458. The van der Waals surface area contributed by atoms with Crippen LogP contribution in [0.25, 0.3) is 0 Å². The third-order valence-electron chi connectivity index (χ3n) is 3.33. The van der Waals surface area contributed by atoms with Gasteiger partial charge in [-0.15, -0.1) is 0 Å². The predicted molar refractivity (Wildman–Crippen MR) is 83.8 cm³/mol. The summed E-state index contributed by atoms with van der Waals surface area (Å²) in [6.45, 7) is 10.6. The first-order valence-corrected chi connectivity index (χ1v) is 7.41. The zero-order valence-electron chi connectivity index (χ0n) is 14.7. The normalized spacial score (nSPS) is 18.0. The standard InChI is InChI=1S/3C5H12O2.Cr/c3*1-4(3-6)5(2)7;/h3*4-7H,3H2,1-2H3;. The first kappa shape index (κ1) is 30.2. The number of hydrogen-bond donors (Lipinski definition) is 6. The van der Waals surface area contributed by atoms with Crippen molar-refractivity contribution in [2.75, 3.05) is 19.8 Å². The second kappa shape index (κ2) is 19.3. The van der Waals surface area contributed by atoms with E-state index in [1.165, 1.54) is 0 Å². The van der Waals surface area contributed by atoms with Crippen LogP contribution in [0.1, 0.15) is 41.5 Å². The van der Waals surface area contributed by atoms with Crippen molar-refractivity contribution in [3.63, 3.8) is 0 Å². The molecule has 0 radical (unpaired) electrons. The van der Waals surface area contributed by atoms with Gasteiger partial charge in [0.1, 0.15) is 0 Å². The summed E-state index contributed by atoms with van der Waals surface area (Å²) in [5, 5.41) is 51.0. The Morgan fingerprint density at radius 1 is 0.500 bits per heavy atom. The van der Waals surface area contributed by atoms with Crippen LogP contribution in [0.5, 0.6) is 0 Å². The Kier molecular flexibility index (Phi) is 26.6. The van der Waals surface area contributed by atoms with Gasteiger partial charge in [0.05, 0.1) is 18.3 Å². The van der Waals surface area contributed by atoms with Crippen molar-refractivity contribution in [1.29, 1.82) is 0 Å². The Labute approximate surface area is 145 Å². The van der Waals surface area contributed by atoms with E-state index in [0.717, 1.165) is 0 Å². The van der Waals surface area contributed by atoms with Crippen molar-refractivity contribution >= 4 is 0 Å². The van der Waals surface area contributed by atoms with E-state index in [4.69, 9.17) is 30.6 Å². The zero-order valence-corrected chi connectivity index (χ0v) is 16.0. The maximum Gasteiger partial charge on any atom is 0.0559 e. The third-order valence-corrected chi connectivity index (χ3v) is 3.33. The van der Waals surface area contributed by atoms with Gasteiger partial charge < -0.3 is 30.6 Å². The van der Waals surface area contributed by atoms with Crippen LogP contribution in [0.2, 0.25) is 0 Å². The number of rotatable bonds is 6. The van der Waals surface area contributed by atoms with Gasteiger partial charge in [0.25, 0.3) is 0 Å². The summed E-state index contributed by atoms with van der Waals surface area (Å²) in [6, 6.07) is 0. The van der Waals surface area contributed by atoms with Gasteiger partial charge in [0, 0.05) is 54.9 Å². The first-order valence-electron chi connectivity index (χ1n) is 7.41. The van der Waals surface area contributed by atoms with Gasteiger partial charge in [0.2, 0.25) is 0 Å². The molecule has 0 aromatic rings. The number of hydrogen-bond acceptors (Lipinski definition) is 6. The molecule has 0 rings (SSSR count). The monoisotopic (exact) mass is 364 g/mol. The molecule has 7 heteroatoms. The van der Waals surface area contributed by atoms with E-state index in [-0.39, 0.29) is 73.2 Å². The van der Waals surface area contributed by atoms with E-state index >= 15 is 0 Å². The molecule has 22 heavy (non-hydrogen) atoms. The first-order chi connectivity index (χ1) is 9.54. The fraction of sp³-hybridized carbons (Fsp3) is 1.00. The second-order valence-corrected chi connectivity index (χ2v) is 5.70.